The molecule has 6 heteroatoms. The van der Waals surface area contributed by atoms with Gasteiger partial charge in [-0.2, -0.15) is 5.10 Å². The van der Waals surface area contributed by atoms with Gasteiger partial charge in [0, 0.05) is 31.8 Å². The summed E-state index contributed by atoms with van der Waals surface area (Å²) in [6, 6.07) is 0. The van der Waals surface area contributed by atoms with Crippen LogP contribution in [0.2, 0.25) is 0 Å². The maximum Gasteiger partial charge on any atom is 0.205 e. The molecule has 0 aliphatic heterocycles. The van der Waals surface area contributed by atoms with Crippen LogP contribution in [0.25, 0.3) is 0 Å². The zero-order chi connectivity index (χ0) is 13.8. The molecule has 0 unspecified atom stereocenters. The van der Waals surface area contributed by atoms with Gasteiger partial charge in [0.25, 0.3) is 0 Å². The summed E-state index contributed by atoms with van der Waals surface area (Å²) in [7, 11) is 1.95. The van der Waals surface area contributed by atoms with Gasteiger partial charge in [0.15, 0.2) is 0 Å². The summed E-state index contributed by atoms with van der Waals surface area (Å²) < 4.78 is 1.86. The van der Waals surface area contributed by atoms with E-state index in [1.54, 1.807) is 11.3 Å². The molecule has 0 spiro atoms. The second-order valence-electron chi connectivity index (χ2n) is 5.08. The lowest BCUT2D eigenvalue weighted by atomic mass is 10.1. The van der Waals surface area contributed by atoms with Crippen molar-refractivity contribution in [1.29, 1.82) is 0 Å². The van der Waals surface area contributed by atoms with Crippen LogP contribution in [0.4, 0.5) is 5.13 Å². The first-order valence-electron chi connectivity index (χ1n) is 6.66. The third-order valence-electron chi connectivity index (χ3n) is 2.81. The van der Waals surface area contributed by atoms with E-state index in [4.69, 9.17) is 0 Å². The van der Waals surface area contributed by atoms with Crippen LogP contribution in [0, 0.1) is 5.92 Å². The third-order valence-corrected chi connectivity index (χ3v) is 3.71. The molecular formula is C13H21N5S. The average Bonchev–Trinajstić information content (AvgIpc) is 2.92. The highest BCUT2D eigenvalue weighted by atomic mass is 32.1. The first-order valence-corrected chi connectivity index (χ1v) is 7.47. The summed E-state index contributed by atoms with van der Waals surface area (Å²) in [5.41, 5.74) is 2.37. The van der Waals surface area contributed by atoms with Crippen molar-refractivity contribution < 1.29 is 0 Å². The smallest absolute Gasteiger partial charge is 0.205 e. The van der Waals surface area contributed by atoms with Crippen molar-refractivity contribution in [3.05, 3.63) is 22.5 Å². The molecule has 19 heavy (non-hydrogen) atoms. The van der Waals surface area contributed by atoms with Gasteiger partial charge in [-0.15, -0.1) is 10.2 Å². The van der Waals surface area contributed by atoms with Crippen molar-refractivity contribution in [2.45, 2.75) is 40.2 Å². The van der Waals surface area contributed by atoms with Crippen LogP contribution in [-0.2, 0) is 26.4 Å². The zero-order valence-electron chi connectivity index (χ0n) is 12.0. The normalized spacial score (nSPS) is 11.2. The summed E-state index contributed by atoms with van der Waals surface area (Å²) in [4.78, 5) is 0. The molecule has 0 fully saturated rings. The van der Waals surface area contributed by atoms with E-state index in [0.29, 0.717) is 5.92 Å². The Balaban J connectivity index is 1.96. The second kappa shape index (κ2) is 6.14. The largest absolute Gasteiger partial charge is 0.356 e. The molecule has 0 radical (unpaired) electrons. The fourth-order valence-corrected chi connectivity index (χ4v) is 2.90. The highest BCUT2D eigenvalue weighted by Gasteiger charge is 2.08. The summed E-state index contributed by atoms with van der Waals surface area (Å²) in [6.45, 7) is 7.26. The van der Waals surface area contributed by atoms with E-state index in [2.05, 4.69) is 47.6 Å². The highest BCUT2D eigenvalue weighted by molar-refractivity contribution is 7.15. The van der Waals surface area contributed by atoms with Crippen molar-refractivity contribution in [2.75, 3.05) is 5.32 Å². The van der Waals surface area contributed by atoms with E-state index in [-0.39, 0.29) is 0 Å². The van der Waals surface area contributed by atoms with Crippen LogP contribution in [0.15, 0.2) is 6.20 Å². The number of hydrogen-bond donors (Lipinski definition) is 1. The first kappa shape index (κ1) is 14.0. The Morgan fingerprint density at radius 2 is 2.16 bits per heavy atom. The minimum Gasteiger partial charge on any atom is -0.356 e. The van der Waals surface area contributed by atoms with Crippen LogP contribution in [-0.4, -0.2) is 20.0 Å². The van der Waals surface area contributed by atoms with E-state index < -0.39 is 0 Å². The molecule has 0 aliphatic carbocycles. The van der Waals surface area contributed by atoms with Gasteiger partial charge < -0.3 is 5.32 Å². The molecule has 0 amide bonds. The van der Waals surface area contributed by atoms with E-state index >= 15 is 0 Å². The maximum atomic E-state index is 4.43. The predicted octanol–water partition coefficient (Wildman–Crippen LogP) is 2.64. The molecule has 0 aliphatic rings. The second-order valence-corrected chi connectivity index (χ2v) is 6.14. The lowest BCUT2D eigenvalue weighted by molar-refractivity contribution is 0.640. The molecule has 0 aromatic carbocycles. The standard InChI is InChI=1S/C13H21N5S/c1-5-11-10(8-18(4)17-11)7-14-13-16-15-12(19-13)6-9(2)3/h8-9H,5-7H2,1-4H3,(H,14,16). The minimum atomic E-state index is 0.616. The van der Waals surface area contributed by atoms with Gasteiger partial charge in [-0.05, 0) is 12.3 Å². The molecule has 2 aromatic heterocycles. The monoisotopic (exact) mass is 279 g/mol. The number of rotatable bonds is 6. The molecule has 1 N–H and O–H groups in total. The van der Waals surface area contributed by atoms with Crippen molar-refractivity contribution in [3.63, 3.8) is 0 Å². The van der Waals surface area contributed by atoms with Crippen LogP contribution in [0.3, 0.4) is 0 Å². The highest BCUT2D eigenvalue weighted by Crippen LogP contribution is 2.19. The van der Waals surface area contributed by atoms with E-state index in [0.717, 1.165) is 35.2 Å². The fraction of sp³-hybridized carbons (Fsp3) is 0.615. The Kier molecular flexibility index (Phi) is 4.52. The van der Waals surface area contributed by atoms with Gasteiger partial charge in [0.1, 0.15) is 5.01 Å². The Morgan fingerprint density at radius 3 is 2.84 bits per heavy atom. The Bertz CT molecular complexity index is 529. The van der Waals surface area contributed by atoms with Crippen LogP contribution < -0.4 is 5.32 Å². The molecule has 0 saturated carbocycles. The number of aromatic nitrogens is 4. The number of aryl methyl sites for hydroxylation is 2. The summed E-state index contributed by atoms with van der Waals surface area (Å²) in [6.07, 6.45) is 4.00. The summed E-state index contributed by atoms with van der Waals surface area (Å²) in [5, 5.41) is 18.1. The Hall–Kier alpha value is -1.43. The zero-order valence-corrected chi connectivity index (χ0v) is 12.8. The van der Waals surface area contributed by atoms with Crippen molar-refractivity contribution in [3.8, 4) is 0 Å². The van der Waals surface area contributed by atoms with E-state index in [1.807, 2.05) is 11.7 Å². The maximum absolute atomic E-state index is 4.43. The fourth-order valence-electron chi connectivity index (χ4n) is 1.96. The molecule has 0 atom stereocenters. The van der Waals surface area contributed by atoms with Crippen LogP contribution in [0.1, 0.15) is 37.0 Å². The SMILES string of the molecule is CCc1nn(C)cc1CNc1nnc(CC(C)C)s1. The summed E-state index contributed by atoms with van der Waals surface area (Å²) in [5.74, 6) is 0.616. The average molecular weight is 279 g/mol. The van der Waals surface area contributed by atoms with Crippen molar-refractivity contribution in [2.24, 2.45) is 13.0 Å². The van der Waals surface area contributed by atoms with Gasteiger partial charge in [0.05, 0.1) is 5.69 Å². The van der Waals surface area contributed by atoms with Crippen molar-refractivity contribution >= 4 is 16.5 Å². The van der Waals surface area contributed by atoms with Gasteiger partial charge in [-0.25, -0.2) is 0 Å². The molecule has 0 bridgehead atoms. The van der Waals surface area contributed by atoms with E-state index in [1.165, 1.54) is 5.56 Å². The first-order chi connectivity index (χ1) is 9.08. The van der Waals surface area contributed by atoms with Crippen LogP contribution >= 0.6 is 11.3 Å². The minimum absolute atomic E-state index is 0.616. The molecule has 2 heterocycles. The van der Waals surface area contributed by atoms with Gasteiger partial charge >= 0.3 is 0 Å². The lowest BCUT2D eigenvalue weighted by Crippen LogP contribution is -2.00. The van der Waals surface area contributed by atoms with Gasteiger partial charge in [-0.1, -0.05) is 32.1 Å². The Labute approximate surface area is 118 Å². The predicted molar refractivity (Wildman–Crippen MR) is 78.4 cm³/mol. The molecule has 2 aromatic rings. The molecule has 5 nitrogen and oxygen atoms in total. The van der Waals surface area contributed by atoms with Gasteiger partial charge in [-0.3, -0.25) is 4.68 Å². The summed E-state index contributed by atoms with van der Waals surface area (Å²) >= 11 is 1.64. The molecular weight excluding hydrogens is 258 g/mol. The lowest BCUT2D eigenvalue weighted by Gasteiger charge is -2.01. The quantitative estimate of drug-likeness (QED) is 0.883. The third kappa shape index (κ3) is 3.76. The van der Waals surface area contributed by atoms with Crippen LogP contribution in [0.5, 0.6) is 0 Å². The number of nitrogens with zero attached hydrogens (tertiary/aromatic N) is 4. The van der Waals surface area contributed by atoms with Gasteiger partial charge in [0.2, 0.25) is 5.13 Å². The number of nitrogens with one attached hydrogen (secondary N) is 1. The number of hydrogen-bond acceptors (Lipinski definition) is 5. The Morgan fingerprint density at radius 1 is 1.37 bits per heavy atom. The molecule has 0 saturated heterocycles. The molecule has 2 rings (SSSR count). The molecule has 104 valence electrons. The number of anilines is 1. The van der Waals surface area contributed by atoms with Crippen molar-refractivity contribution in [1.82, 2.24) is 20.0 Å². The van der Waals surface area contributed by atoms with E-state index in [9.17, 15) is 0 Å². The topological polar surface area (TPSA) is 55.6 Å².